The number of hydrogen-bond donors (Lipinski definition) is 2. The Kier molecular flexibility index (Phi) is 3.14. The van der Waals surface area contributed by atoms with Crippen molar-refractivity contribution in [3.05, 3.63) is 59.4 Å². The molecule has 0 radical (unpaired) electrons. The minimum Gasteiger partial charge on any atom is -0.449 e. The fraction of sp³-hybridized carbons (Fsp3) is 0.118. The third-order valence-electron chi connectivity index (χ3n) is 3.69. The summed E-state index contributed by atoms with van der Waals surface area (Å²) in [6, 6.07) is 13.1. The maximum absolute atomic E-state index is 12.4. The Hall–Kier alpha value is -2.75. The topological polar surface area (TPSA) is 68.3 Å². The van der Waals surface area contributed by atoms with E-state index in [9.17, 15) is 4.79 Å². The predicted octanol–water partition coefficient (Wildman–Crippen LogP) is 3.88. The molecule has 106 valence electrons. The van der Waals surface area contributed by atoms with E-state index in [2.05, 4.69) is 5.32 Å². The van der Waals surface area contributed by atoms with Gasteiger partial charge in [0.2, 0.25) is 5.76 Å². The second kappa shape index (κ2) is 4.98. The molecule has 0 aliphatic rings. The van der Waals surface area contributed by atoms with Crippen LogP contribution in [0.15, 0.2) is 46.9 Å². The molecule has 21 heavy (non-hydrogen) atoms. The fourth-order valence-corrected chi connectivity index (χ4v) is 2.30. The molecule has 0 fully saturated rings. The maximum atomic E-state index is 12.4. The predicted molar refractivity (Wildman–Crippen MR) is 84.5 cm³/mol. The van der Waals surface area contributed by atoms with Crippen LogP contribution in [0.25, 0.3) is 11.0 Å². The van der Waals surface area contributed by atoms with Crippen LogP contribution in [0.1, 0.15) is 21.7 Å². The minimum absolute atomic E-state index is 0.150. The van der Waals surface area contributed by atoms with E-state index in [1.54, 1.807) is 6.07 Å². The lowest BCUT2D eigenvalue weighted by Gasteiger charge is -2.09. The number of fused-ring (bicyclic) bond motifs is 1. The van der Waals surface area contributed by atoms with Gasteiger partial charge in [0.05, 0.1) is 5.69 Å². The molecule has 0 saturated heterocycles. The van der Waals surface area contributed by atoms with E-state index < -0.39 is 0 Å². The zero-order valence-corrected chi connectivity index (χ0v) is 11.9. The Balaban J connectivity index is 1.97. The second-order valence-electron chi connectivity index (χ2n) is 5.04. The van der Waals surface area contributed by atoms with E-state index in [4.69, 9.17) is 10.2 Å². The van der Waals surface area contributed by atoms with E-state index >= 15 is 0 Å². The number of para-hydroxylation sites is 1. The molecule has 0 atom stereocenters. The highest BCUT2D eigenvalue weighted by Gasteiger charge is 2.19. The lowest BCUT2D eigenvalue weighted by Crippen LogP contribution is -2.13. The van der Waals surface area contributed by atoms with Crippen molar-refractivity contribution in [1.29, 1.82) is 0 Å². The minimum atomic E-state index is -0.336. The molecule has 0 saturated carbocycles. The zero-order chi connectivity index (χ0) is 15.0. The molecule has 3 aromatic rings. The van der Waals surface area contributed by atoms with Crippen LogP contribution in [-0.4, -0.2) is 5.91 Å². The molecule has 1 heterocycles. The van der Waals surface area contributed by atoms with Crippen molar-refractivity contribution in [3.63, 3.8) is 0 Å². The Morgan fingerprint density at radius 1 is 1.10 bits per heavy atom. The molecule has 3 rings (SSSR count). The molecule has 2 aromatic carbocycles. The van der Waals surface area contributed by atoms with Crippen molar-refractivity contribution < 1.29 is 9.21 Å². The Bertz CT molecular complexity index is 834. The van der Waals surface area contributed by atoms with Crippen molar-refractivity contribution >= 4 is 28.3 Å². The summed E-state index contributed by atoms with van der Waals surface area (Å²) in [7, 11) is 0. The number of anilines is 2. The Labute approximate surface area is 122 Å². The molecule has 1 aromatic heterocycles. The number of aryl methyl sites for hydroxylation is 1. The number of nitrogens with two attached hydrogens (primary N) is 1. The van der Waals surface area contributed by atoms with E-state index in [1.807, 2.05) is 50.2 Å². The number of furan rings is 1. The number of carbonyl (C=O) groups excluding carboxylic acids is 1. The molecule has 4 nitrogen and oxygen atoms in total. The number of nitrogens with one attached hydrogen (secondary N) is 1. The third kappa shape index (κ3) is 2.25. The van der Waals surface area contributed by atoms with Crippen molar-refractivity contribution in [2.24, 2.45) is 0 Å². The van der Waals surface area contributed by atoms with Crippen molar-refractivity contribution in [2.75, 3.05) is 11.1 Å². The Morgan fingerprint density at radius 3 is 2.62 bits per heavy atom. The van der Waals surface area contributed by atoms with Gasteiger partial charge < -0.3 is 15.5 Å². The first-order valence-corrected chi connectivity index (χ1v) is 6.72. The largest absolute Gasteiger partial charge is 0.449 e. The highest BCUT2D eigenvalue weighted by Crippen LogP contribution is 2.29. The van der Waals surface area contributed by atoms with Gasteiger partial charge in [-0.25, -0.2) is 0 Å². The maximum Gasteiger partial charge on any atom is 0.293 e. The number of amides is 1. The fourth-order valence-electron chi connectivity index (χ4n) is 2.30. The molecular formula is C17H16N2O2. The molecule has 0 aliphatic heterocycles. The van der Waals surface area contributed by atoms with Gasteiger partial charge in [-0.2, -0.15) is 0 Å². The highest BCUT2D eigenvalue weighted by molar-refractivity contribution is 6.11. The first kappa shape index (κ1) is 13.2. The second-order valence-corrected chi connectivity index (χ2v) is 5.04. The molecule has 0 aliphatic carbocycles. The van der Waals surface area contributed by atoms with Crippen LogP contribution < -0.4 is 11.1 Å². The number of rotatable bonds is 2. The van der Waals surface area contributed by atoms with Gasteiger partial charge in [0.1, 0.15) is 5.58 Å². The summed E-state index contributed by atoms with van der Waals surface area (Å²) in [6.07, 6.45) is 0. The summed E-state index contributed by atoms with van der Waals surface area (Å²) in [5.74, 6) is -0.186. The lowest BCUT2D eigenvalue weighted by molar-refractivity contribution is 0.1000. The van der Waals surface area contributed by atoms with Crippen LogP contribution in [-0.2, 0) is 0 Å². The van der Waals surface area contributed by atoms with Crippen LogP contribution in [0, 0.1) is 13.8 Å². The molecule has 4 heteroatoms. The standard InChI is InChI=1S/C17H16N2O2/c1-10-6-5-8-13(11(10)2)19-17(20)16-15(18)12-7-3-4-9-14(12)21-16/h3-9H,18H2,1-2H3,(H,19,20). The summed E-state index contributed by atoms with van der Waals surface area (Å²) in [6.45, 7) is 3.97. The van der Waals surface area contributed by atoms with Gasteiger partial charge in [-0.3, -0.25) is 4.79 Å². The summed E-state index contributed by atoms with van der Waals surface area (Å²) < 4.78 is 5.57. The first-order chi connectivity index (χ1) is 10.1. The molecule has 0 spiro atoms. The smallest absolute Gasteiger partial charge is 0.293 e. The van der Waals surface area contributed by atoms with Crippen LogP contribution >= 0.6 is 0 Å². The van der Waals surface area contributed by atoms with Gasteiger partial charge in [-0.1, -0.05) is 24.3 Å². The highest BCUT2D eigenvalue weighted by atomic mass is 16.3. The van der Waals surface area contributed by atoms with E-state index in [0.717, 1.165) is 22.2 Å². The van der Waals surface area contributed by atoms with Crippen molar-refractivity contribution in [1.82, 2.24) is 0 Å². The van der Waals surface area contributed by atoms with Gasteiger partial charge in [0.25, 0.3) is 5.91 Å². The quantitative estimate of drug-likeness (QED) is 0.748. The average Bonchev–Trinajstić information content (AvgIpc) is 2.82. The molecule has 0 unspecified atom stereocenters. The molecule has 3 N–H and O–H groups in total. The van der Waals surface area contributed by atoms with Crippen molar-refractivity contribution in [2.45, 2.75) is 13.8 Å². The summed E-state index contributed by atoms with van der Waals surface area (Å²) >= 11 is 0. The van der Waals surface area contributed by atoms with Crippen LogP contribution in [0.4, 0.5) is 11.4 Å². The van der Waals surface area contributed by atoms with Gasteiger partial charge in [0.15, 0.2) is 0 Å². The van der Waals surface area contributed by atoms with Gasteiger partial charge in [-0.15, -0.1) is 0 Å². The molecule has 0 bridgehead atoms. The molecule has 1 amide bonds. The number of benzene rings is 2. The third-order valence-corrected chi connectivity index (χ3v) is 3.69. The van der Waals surface area contributed by atoms with Crippen LogP contribution in [0.5, 0.6) is 0 Å². The van der Waals surface area contributed by atoms with E-state index in [1.165, 1.54) is 0 Å². The summed E-state index contributed by atoms with van der Waals surface area (Å²) in [5.41, 5.74) is 9.90. The monoisotopic (exact) mass is 280 g/mol. The van der Waals surface area contributed by atoms with Gasteiger partial charge >= 0.3 is 0 Å². The summed E-state index contributed by atoms with van der Waals surface area (Å²) in [4.78, 5) is 12.4. The number of carbonyl (C=O) groups is 1. The SMILES string of the molecule is Cc1cccc(NC(=O)c2oc3ccccc3c2N)c1C. The van der Waals surface area contributed by atoms with Crippen LogP contribution in [0.2, 0.25) is 0 Å². The van der Waals surface area contributed by atoms with Crippen molar-refractivity contribution in [3.8, 4) is 0 Å². The van der Waals surface area contributed by atoms with E-state index in [0.29, 0.717) is 11.3 Å². The lowest BCUT2D eigenvalue weighted by atomic mass is 10.1. The normalized spacial score (nSPS) is 10.8. The average molecular weight is 280 g/mol. The van der Waals surface area contributed by atoms with Gasteiger partial charge in [-0.05, 0) is 43.2 Å². The van der Waals surface area contributed by atoms with Crippen LogP contribution in [0.3, 0.4) is 0 Å². The summed E-state index contributed by atoms with van der Waals surface area (Å²) in [5, 5.41) is 3.61. The number of hydrogen-bond acceptors (Lipinski definition) is 3. The van der Waals surface area contributed by atoms with Gasteiger partial charge in [0, 0.05) is 11.1 Å². The zero-order valence-electron chi connectivity index (χ0n) is 11.9. The Morgan fingerprint density at radius 2 is 1.86 bits per heavy atom. The molecular weight excluding hydrogens is 264 g/mol. The van der Waals surface area contributed by atoms with E-state index in [-0.39, 0.29) is 11.7 Å². The number of nitrogen functional groups attached to an aromatic ring is 1. The first-order valence-electron chi connectivity index (χ1n) is 6.72.